The molecule has 0 fully saturated rings. The highest BCUT2D eigenvalue weighted by Gasteiger charge is 2.19. The number of aryl methyl sites for hydroxylation is 1. The molecule has 0 aromatic carbocycles. The summed E-state index contributed by atoms with van der Waals surface area (Å²) in [5.74, 6) is 0.369. The van der Waals surface area contributed by atoms with Gasteiger partial charge < -0.3 is 10.2 Å². The van der Waals surface area contributed by atoms with Crippen molar-refractivity contribution in [3.63, 3.8) is 0 Å². The van der Waals surface area contributed by atoms with E-state index in [1.807, 2.05) is 13.0 Å². The number of nitriles is 1. The van der Waals surface area contributed by atoms with Gasteiger partial charge in [0, 0.05) is 6.26 Å². The zero-order valence-electron chi connectivity index (χ0n) is 9.80. The molecule has 0 aliphatic carbocycles. The van der Waals surface area contributed by atoms with Crippen molar-refractivity contribution in [2.75, 3.05) is 12.0 Å². The summed E-state index contributed by atoms with van der Waals surface area (Å²) in [4.78, 5) is 7.83. The molecule has 0 saturated carbocycles. The summed E-state index contributed by atoms with van der Waals surface area (Å²) >= 11 is 0. The first-order valence-corrected chi connectivity index (χ1v) is 6.55. The summed E-state index contributed by atoms with van der Waals surface area (Å²) in [5.41, 5.74) is 6.84. The maximum Gasteiger partial charge on any atom is 0.221 e. The number of nitrogen functional groups attached to an aromatic ring is 1. The Morgan fingerprint density at radius 2 is 2.22 bits per heavy atom. The average molecular weight is 262 g/mol. The quantitative estimate of drug-likeness (QED) is 0.816. The van der Waals surface area contributed by atoms with Crippen LogP contribution in [0.15, 0.2) is 21.8 Å². The Balaban J connectivity index is 2.75. The molecular formula is C11H10N4O2S. The highest BCUT2D eigenvalue weighted by atomic mass is 32.2. The standard InChI is InChI=1S/C11H10N4O2S/c1-6-3-8(17-5-6)9-7(4-12)10(18(2)16)15-11(13)14-9/h3,5H,1-2H3,(H2,13,14,15). The fraction of sp³-hybridized carbons (Fsp3) is 0.182. The number of hydrogen-bond acceptors (Lipinski definition) is 6. The molecule has 2 aromatic heterocycles. The van der Waals surface area contributed by atoms with E-state index in [9.17, 15) is 4.21 Å². The molecule has 0 saturated heterocycles. The van der Waals surface area contributed by atoms with E-state index < -0.39 is 10.8 Å². The van der Waals surface area contributed by atoms with Crippen LogP contribution in [-0.2, 0) is 10.8 Å². The molecular weight excluding hydrogens is 252 g/mol. The van der Waals surface area contributed by atoms with Crippen LogP contribution in [0, 0.1) is 18.3 Å². The minimum Gasteiger partial charge on any atom is -0.462 e. The second-order valence-electron chi connectivity index (χ2n) is 3.66. The fourth-order valence-corrected chi connectivity index (χ4v) is 2.15. The van der Waals surface area contributed by atoms with Crippen molar-refractivity contribution >= 4 is 16.7 Å². The number of furan rings is 1. The van der Waals surface area contributed by atoms with Gasteiger partial charge in [0.05, 0.1) is 17.1 Å². The predicted octanol–water partition coefficient (Wildman–Crippen LogP) is 1.24. The number of anilines is 1. The zero-order chi connectivity index (χ0) is 13.3. The number of rotatable bonds is 2. The molecule has 18 heavy (non-hydrogen) atoms. The van der Waals surface area contributed by atoms with E-state index in [4.69, 9.17) is 15.4 Å². The van der Waals surface area contributed by atoms with Crippen LogP contribution < -0.4 is 5.73 Å². The van der Waals surface area contributed by atoms with Crippen LogP contribution in [0.5, 0.6) is 0 Å². The summed E-state index contributed by atoms with van der Waals surface area (Å²) in [7, 11) is -1.42. The third-order valence-electron chi connectivity index (χ3n) is 2.24. The van der Waals surface area contributed by atoms with Crippen molar-refractivity contribution in [3.05, 3.63) is 23.5 Å². The van der Waals surface area contributed by atoms with Crippen molar-refractivity contribution in [2.24, 2.45) is 0 Å². The van der Waals surface area contributed by atoms with Crippen LogP contribution in [0.4, 0.5) is 5.95 Å². The second-order valence-corrected chi connectivity index (χ2v) is 4.96. The first-order valence-electron chi connectivity index (χ1n) is 4.99. The van der Waals surface area contributed by atoms with Crippen LogP contribution in [0.1, 0.15) is 11.1 Å². The first kappa shape index (κ1) is 12.3. The lowest BCUT2D eigenvalue weighted by Crippen LogP contribution is -2.06. The monoisotopic (exact) mass is 262 g/mol. The van der Waals surface area contributed by atoms with E-state index in [0.717, 1.165) is 5.56 Å². The predicted molar refractivity (Wildman–Crippen MR) is 65.9 cm³/mol. The molecule has 7 heteroatoms. The lowest BCUT2D eigenvalue weighted by atomic mass is 10.2. The zero-order valence-corrected chi connectivity index (χ0v) is 10.6. The Kier molecular flexibility index (Phi) is 3.12. The lowest BCUT2D eigenvalue weighted by molar-refractivity contribution is 0.577. The van der Waals surface area contributed by atoms with Crippen LogP contribution in [0.3, 0.4) is 0 Å². The molecule has 0 spiro atoms. The van der Waals surface area contributed by atoms with Gasteiger partial charge in [-0.2, -0.15) is 5.26 Å². The van der Waals surface area contributed by atoms with Crippen LogP contribution in [-0.4, -0.2) is 20.4 Å². The van der Waals surface area contributed by atoms with E-state index in [-0.39, 0.29) is 22.2 Å². The smallest absolute Gasteiger partial charge is 0.221 e. The molecule has 0 aliphatic rings. The highest BCUT2D eigenvalue weighted by Crippen LogP contribution is 2.26. The van der Waals surface area contributed by atoms with Gasteiger partial charge >= 0.3 is 0 Å². The Morgan fingerprint density at radius 3 is 2.72 bits per heavy atom. The van der Waals surface area contributed by atoms with E-state index in [0.29, 0.717) is 5.76 Å². The van der Waals surface area contributed by atoms with Gasteiger partial charge in [-0.25, -0.2) is 9.97 Å². The number of nitrogens with zero attached hydrogens (tertiary/aromatic N) is 3. The van der Waals surface area contributed by atoms with Gasteiger partial charge in [0.25, 0.3) is 0 Å². The van der Waals surface area contributed by atoms with E-state index in [2.05, 4.69) is 9.97 Å². The second kappa shape index (κ2) is 4.58. The summed E-state index contributed by atoms with van der Waals surface area (Å²) in [6.07, 6.45) is 2.97. The Morgan fingerprint density at radius 1 is 1.50 bits per heavy atom. The van der Waals surface area contributed by atoms with Gasteiger partial charge in [-0.3, -0.25) is 4.21 Å². The molecule has 0 bridgehead atoms. The highest BCUT2D eigenvalue weighted by molar-refractivity contribution is 7.84. The molecule has 92 valence electrons. The number of hydrogen-bond donors (Lipinski definition) is 1. The molecule has 0 radical (unpaired) electrons. The maximum absolute atomic E-state index is 11.5. The lowest BCUT2D eigenvalue weighted by Gasteiger charge is -2.05. The van der Waals surface area contributed by atoms with Gasteiger partial charge in [0.1, 0.15) is 17.3 Å². The van der Waals surface area contributed by atoms with Gasteiger partial charge in [-0.15, -0.1) is 0 Å². The number of nitrogens with two attached hydrogens (primary N) is 1. The van der Waals surface area contributed by atoms with Crippen molar-refractivity contribution in [2.45, 2.75) is 11.9 Å². The average Bonchev–Trinajstić information content (AvgIpc) is 2.74. The molecule has 2 rings (SSSR count). The molecule has 1 unspecified atom stereocenters. The largest absolute Gasteiger partial charge is 0.462 e. The SMILES string of the molecule is Cc1coc(-c2nc(N)nc(S(C)=O)c2C#N)c1. The molecule has 0 amide bonds. The van der Waals surface area contributed by atoms with E-state index in [1.165, 1.54) is 12.5 Å². The van der Waals surface area contributed by atoms with Gasteiger partial charge in [-0.05, 0) is 18.6 Å². The molecule has 2 aromatic rings. The molecule has 0 aliphatic heterocycles. The Bertz CT molecular complexity index is 672. The van der Waals surface area contributed by atoms with Crippen LogP contribution in [0.2, 0.25) is 0 Å². The molecule has 1 atom stereocenters. The Labute approximate surface area is 106 Å². The van der Waals surface area contributed by atoms with Gasteiger partial charge in [0.2, 0.25) is 5.95 Å². The number of aromatic nitrogens is 2. The van der Waals surface area contributed by atoms with E-state index >= 15 is 0 Å². The summed E-state index contributed by atoms with van der Waals surface area (Å²) in [5, 5.41) is 9.28. The van der Waals surface area contributed by atoms with Gasteiger partial charge in [-0.1, -0.05) is 0 Å². The third kappa shape index (κ3) is 2.10. The summed E-state index contributed by atoms with van der Waals surface area (Å²) in [6.45, 7) is 1.85. The van der Waals surface area contributed by atoms with Crippen molar-refractivity contribution in [1.82, 2.24) is 9.97 Å². The minimum absolute atomic E-state index is 0.0387. The maximum atomic E-state index is 11.5. The topological polar surface area (TPSA) is 106 Å². The normalized spacial score (nSPS) is 12.1. The van der Waals surface area contributed by atoms with E-state index in [1.54, 1.807) is 6.07 Å². The Hall–Kier alpha value is -2.20. The minimum atomic E-state index is -1.42. The van der Waals surface area contributed by atoms with Crippen LogP contribution in [0.25, 0.3) is 11.5 Å². The van der Waals surface area contributed by atoms with Gasteiger partial charge in [0.15, 0.2) is 10.8 Å². The third-order valence-corrected chi connectivity index (χ3v) is 3.08. The fourth-order valence-electron chi connectivity index (χ4n) is 1.50. The molecule has 2 heterocycles. The van der Waals surface area contributed by atoms with Crippen LogP contribution >= 0.6 is 0 Å². The van der Waals surface area contributed by atoms with Crippen molar-refractivity contribution < 1.29 is 8.63 Å². The molecule has 6 nitrogen and oxygen atoms in total. The summed E-state index contributed by atoms with van der Waals surface area (Å²) < 4.78 is 16.8. The molecule has 2 N–H and O–H groups in total. The van der Waals surface area contributed by atoms with Crippen molar-refractivity contribution in [3.8, 4) is 17.5 Å². The summed E-state index contributed by atoms with van der Waals surface area (Å²) in [6, 6.07) is 3.67. The first-order chi connectivity index (χ1) is 8.52. The van der Waals surface area contributed by atoms with Crippen molar-refractivity contribution in [1.29, 1.82) is 5.26 Å².